The van der Waals surface area contributed by atoms with Crippen molar-refractivity contribution in [2.45, 2.75) is 140 Å². The third kappa shape index (κ3) is 22.9. The standard InChI is InChI=1S/C41H70N12O12/c1-22(2)19-30(37(61)50-29(40(64)65)11-8-18-47-41(45)46)52-39(63)33(23(3)54)53-36(60)28(10-5-7-17-43)49-38(62)31(20-24-12-14-25(55)15-13-24)51-35(59)27(9-4-6-16-42)48-34(58)26(44)21-32(56)57/h12-15,22-23,26-31,33,54-55H,4-11,16-21,42-44H2,1-3H3,(H,48,58)(H,49,62)(H,50,61)(H,51,59)(H,52,63)(H,53,60)(H,56,57)(H,64,65)(H4,45,46,47)/t23-,26+,27+,28+,29+,30+,31+,33+/m1/s1. The average Bonchev–Trinajstić information content (AvgIpc) is 3.22. The van der Waals surface area contributed by atoms with Crippen LogP contribution >= 0.6 is 0 Å². The number of carboxylic acids is 2. The number of nitrogens with one attached hydrogen (secondary N) is 6. The number of rotatable bonds is 32. The Bertz CT molecular complexity index is 1740. The van der Waals surface area contributed by atoms with E-state index in [1.807, 2.05) is 0 Å². The predicted molar refractivity (Wildman–Crippen MR) is 238 cm³/mol. The molecule has 0 saturated heterocycles. The highest BCUT2D eigenvalue weighted by atomic mass is 16.4. The van der Waals surface area contributed by atoms with Gasteiger partial charge in [0.1, 0.15) is 42.0 Å². The summed E-state index contributed by atoms with van der Waals surface area (Å²) in [6, 6.07) is -4.25. The number of amides is 6. The maximum atomic E-state index is 14.2. The molecule has 0 aliphatic heterocycles. The highest BCUT2D eigenvalue weighted by Gasteiger charge is 2.35. The van der Waals surface area contributed by atoms with E-state index in [0.29, 0.717) is 31.2 Å². The van der Waals surface area contributed by atoms with Crippen LogP contribution < -0.4 is 60.6 Å². The first-order chi connectivity index (χ1) is 30.6. The molecule has 1 aromatic rings. The van der Waals surface area contributed by atoms with Crippen molar-refractivity contribution in [3.8, 4) is 5.75 Å². The van der Waals surface area contributed by atoms with Crippen LogP contribution in [0.25, 0.3) is 0 Å². The van der Waals surface area contributed by atoms with Gasteiger partial charge in [0.05, 0.1) is 18.6 Å². The van der Waals surface area contributed by atoms with Gasteiger partial charge in [0.15, 0.2) is 5.96 Å². The fraction of sp³-hybridized carbons (Fsp3) is 0.634. The minimum atomic E-state index is -1.69. The SMILES string of the molecule is CC(C)C[C@H](NC(=O)[C@@H](NC(=O)[C@H](CCCCN)NC(=O)[C@H](Cc1ccc(O)cc1)NC(=O)[C@H](CCCCN)NC(=O)[C@@H](N)CC(=O)O)[C@@H](C)O)C(=O)N[C@@H](CCCN=C(N)N)C(=O)O. The Morgan fingerprint density at radius 3 is 1.57 bits per heavy atom. The molecule has 0 saturated carbocycles. The quantitative estimate of drug-likeness (QED) is 0.0189. The van der Waals surface area contributed by atoms with E-state index < -0.39 is 102 Å². The number of phenols is 1. The van der Waals surface area contributed by atoms with Crippen LogP contribution in [0.5, 0.6) is 5.75 Å². The van der Waals surface area contributed by atoms with E-state index in [9.17, 15) is 53.7 Å². The molecule has 1 aromatic carbocycles. The molecule has 24 nitrogen and oxygen atoms in total. The fourth-order valence-corrected chi connectivity index (χ4v) is 6.36. The summed E-state index contributed by atoms with van der Waals surface area (Å²) in [6.07, 6.45) is -0.715. The van der Waals surface area contributed by atoms with E-state index >= 15 is 0 Å². The number of hydrogen-bond donors (Lipinski definition) is 15. The van der Waals surface area contributed by atoms with Gasteiger partial charge in [-0.1, -0.05) is 26.0 Å². The van der Waals surface area contributed by atoms with Gasteiger partial charge in [-0.25, -0.2) is 4.79 Å². The normalized spacial score (nSPS) is 14.8. The van der Waals surface area contributed by atoms with Gasteiger partial charge in [-0.2, -0.15) is 0 Å². The summed E-state index contributed by atoms with van der Waals surface area (Å²) < 4.78 is 0. The molecular formula is C41H70N12O12. The number of nitrogens with zero attached hydrogens (tertiary/aromatic N) is 1. The zero-order chi connectivity index (χ0) is 49.2. The first kappa shape index (κ1) is 56.9. The van der Waals surface area contributed by atoms with Crippen LogP contribution in [0.1, 0.15) is 90.5 Å². The maximum Gasteiger partial charge on any atom is 0.326 e. The van der Waals surface area contributed by atoms with Crippen molar-refractivity contribution < 1.29 is 58.8 Å². The van der Waals surface area contributed by atoms with Crippen LogP contribution in [0, 0.1) is 5.92 Å². The van der Waals surface area contributed by atoms with Gasteiger partial charge in [-0.05, 0) is 101 Å². The molecule has 366 valence electrons. The van der Waals surface area contributed by atoms with Gasteiger partial charge in [-0.3, -0.25) is 38.6 Å². The van der Waals surface area contributed by atoms with Gasteiger partial charge in [0.2, 0.25) is 35.4 Å². The van der Waals surface area contributed by atoms with Crippen molar-refractivity contribution in [1.82, 2.24) is 31.9 Å². The summed E-state index contributed by atoms with van der Waals surface area (Å²) in [7, 11) is 0. The van der Waals surface area contributed by atoms with Crippen molar-refractivity contribution in [3.63, 3.8) is 0 Å². The first-order valence-electron chi connectivity index (χ1n) is 21.5. The maximum absolute atomic E-state index is 14.2. The van der Waals surface area contributed by atoms with Crippen LogP contribution in [0.4, 0.5) is 0 Å². The minimum Gasteiger partial charge on any atom is -0.508 e. The number of carbonyl (C=O) groups excluding carboxylic acids is 6. The van der Waals surface area contributed by atoms with Crippen molar-refractivity contribution in [2.75, 3.05) is 19.6 Å². The zero-order valence-corrected chi connectivity index (χ0v) is 37.3. The highest BCUT2D eigenvalue weighted by Crippen LogP contribution is 2.14. The first-order valence-corrected chi connectivity index (χ1v) is 21.5. The van der Waals surface area contributed by atoms with Gasteiger partial charge in [0, 0.05) is 13.0 Å². The number of guanidine groups is 1. The van der Waals surface area contributed by atoms with E-state index in [1.165, 1.54) is 31.2 Å². The van der Waals surface area contributed by atoms with Crippen molar-refractivity contribution in [3.05, 3.63) is 29.8 Å². The number of carboxylic acid groups (broad SMARTS) is 2. The molecule has 6 amide bonds. The molecule has 0 spiro atoms. The summed E-state index contributed by atoms with van der Waals surface area (Å²) in [4.78, 5) is 109. The molecule has 0 fully saturated rings. The Morgan fingerprint density at radius 1 is 0.615 bits per heavy atom. The van der Waals surface area contributed by atoms with Crippen LogP contribution in [0.3, 0.4) is 0 Å². The molecule has 20 N–H and O–H groups in total. The highest BCUT2D eigenvalue weighted by molar-refractivity contribution is 5.97. The topological polar surface area (TPSA) is 432 Å². The number of carbonyl (C=O) groups is 8. The lowest BCUT2D eigenvalue weighted by Crippen LogP contribution is -2.61. The van der Waals surface area contributed by atoms with Gasteiger partial charge < -0.3 is 81.0 Å². The predicted octanol–water partition coefficient (Wildman–Crippen LogP) is -3.53. The number of aliphatic imine (C=N–C) groups is 1. The van der Waals surface area contributed by atoms with Gasteiger partial charge in [-0.15, -0.1) is 0 Å². The van der Waals surface area contributed by atoms with E-state index in [2.05, 4.69) is 36.9 Å². The molecule has 0 radical (unpaired) electrons. The number of nitrogens with two attached hydrogens (primary N) is 5. The Hall–Kier alpha value is -6.11. The summed E-state index contributed by atoms with van der Waals surface area (Å²) in [5, 5.41) is 54.5. The Kier molecular flexibility index (Phi) is 26.4. The molecule has 24 heteroatoms. The van der Waals surface area contributed by atoms with Crippen LogP contribution in [-0.2, 0) is 44.8 Å². The van der Waals surface area contributed by atoms with E-state index in [0.717, 1.165) is 0 Å². The summed E-state index contributed by atoms with van der Waals surface area (Å²) >= 11 is 0. The number of aliphatic carboxylic acids is 2. The molecule has 0 aliphatic rings. The van der Waals surface area contributed by atoms with E-state index in [4.69, 9.17) is 33.8 Å². The average molecular weight is 923 g/mol. The lowest BCUT2D eigenvalue weighted by molar-refractivity contribution is -0.142. The molecule has 0 heterocycles. The van der Waals surface area contributed by atoms with Crippen LogP contribution in [0.2, 0.25) is 0 Å². The summed E-state index contributed by atoms with van der Waals surface area (Å²) in [6.45, 7) is 5.32. The second-order valence-electron chi connectivity index (χ2n) is 16.1. The monoisotopic (exact) mass is 923 g/mol. The number of phenolic OH excluding ortho intramolecular Hbond substituents is 1. The van der Waals surface area contributed by atoms with Crippen molar-refractivity contribution >= 4 is 53.3 Å². The zero-order valence-electron chi connectivity index (χ0n) is 37.3. The molecule has 0 bridgehead atoms. The lowest BCUT2D eigenvalue weighted by atomic mass is 10.0. The molecule has 65 heavy (non-hydrogen) atoms. The lowest BCUT2D eigenvalue weighted by Gasteiger charge is -2.29. The van der Waals surface area contributed by atoms with E-state index in [1.54, 1.807) is 13.8 Å². The fourth-order valence-electron chi connectivity index (χ4n) is 6.36. The second kappa shape index (κ2) is 30.1. The second-order valence-corrected chi connectivity index (χ2v) is 16.1. The number of hydrogen-bond acceptors (Lipinski definition) is 14. The number of benzene rings is 1. The summed E-state index contributed by atoms with van der Waals surface area (Å²) in [5.41, 5.74) is 28.2. The van der Waals surface area contributed by atoms with Crippen LogP contribution in [0.15, 0.2) is 29.3 Å². The summed E-state index contributed by atoms with van der Waals surface area (Å²) in [5.74, 6) is -8.56. The number of unbranched alkanes of at least 4 members (excludes halogenated alkanes) is 2. The Labute approximate surface area is 378 Å². The third-order valence-corrected chi connectivity index (χ3v) is 9.86. The molecule has 1 rings (SSSR count). The van der Waals surface area contributed by atoms with Crippen LogP contribution in [-0.4, -0.2) is 142 Å². The van der Waals surface area contributed by atoms with Gasteiger partial charge >= 0.3 is 11.9 Å². The molecular weight excluding hydrogens is 853 g/mol. The van der Waals surface area contributed by atoms with Gasteiger partial charge in [0.25, 0.3) is 0 Å². The Morgan fingerprint density at radius 2 is 1.08 bits per heavy atom. The smallest absolute Gasteiger partial charge is 0.326 e. The van der Waals surface area contributed by atoms with Crippen molar-refractivity contribution in [2.24, 2.45) is 39.6 Å². The van der Waals surface area contributed by atoms with E-state index in [-0.39, 0.29) is 75.8 Å². The number of aromatic hydroxyl groups is 1. The Balaban J connectivity index is 3.45. The minimum absolute atomic E-state index is 0.0276. The molecule has 0 unspecified atom stereocenters. The number of aliphatic hydroxyl groups is 1. The number of aliphatic hydroxyl groups excluding tert-OH is 1. The molecule has 8 atom stereocenters. The van der Waals surface area contributed by atoms with Crippen molar-refractivity contribution in [1.29, 1.82) is 0 Å². The third-order valence-electron chi connectivity index (χ3n) is 9.86. The molecule has 0 aromatic heterocycles. The largest absolute Gasteiger partial charge is 0.508 e. The molecule has 0 aliphatic carbocycles.